The fourth-order valence-corrected chi connectivity index (χ4v) is 5.13. The van der Waals surface area contributed by atoms with Crippen LogP contribution in [-0.2, 0) is 9.53 Å². The Bertz CT molecular complexity index is 429. The van der Waals surface area contributed by atoms with Gasteiger partial charge in [0.05, 0.1) is 0 Å². The van der Waals surface area contributed by atoms with Gasteiger partial charge in [-0.1, -0.05) is 6.07 Å². The molecule has 3 heterocycles. The Labute approximate surface area is 128 Å². The number of hydrogen-bond acceptors (Lipinski definition) is 4. The van der Waals surface area contributed by atoms with Crippen molar-refractivity contribution in [3.63, 3.8) is 0 Å². The summed E-state index contributed by atoms with van der Waals surface area (Å²) >= 11 is 3.84. The zero-order valence-electron chi connectivity index (χ0n) is 11.6. The minimum absolute atomic E-state index is 0.201. The normalized spacial score (nSPS) is 25.4. The Morgan fingerprint density at radius 3 is 2.85 bits per heavy atom. The second-order valence-corrected chi connectivity index (χ2v) is 7.67. The van der Waals surface area contributed by atoms with Crippen molar-refractivity contribution in [2.45, 2.75) is 24.5 Å². The number of amides is 1. The van der Waals surface area contributed by atoms with Gasteiger partial charge >= 0.3 is 0 Å². The van der Waals surface area contributed by atoms with Crippen molar-refractivity contribution in [2.24, 2.45) is 5.92 Å². The summed E-state index contributed by atoms with van der Waals surface area (Å²) in [7, 11) is 0. The van der Waals surface area contributed by atoms with E-state index in [0.29, 0.717) is 11.2 Å². The van der Waals surface area contributed by atoms with E-state index >= 15 is 0 Å². The Morgan fingerprint density at radius 2 is 2.10 bits per heavy atom. The molecule has 110 valence electrons. The Morgan fingerprint density at radius 1 is 1.25 bits per heavy atom. The zero-order valence-corrected chi connectivity index (χ0v) is 13.3. The molecule has 0 N–H and O–H groups in total. The maximum absolute atomic E-state index is 12.6. The molecule has 1 atom stereocenters. The number of ether oxygens (including phenoxy) is 1. The van der Waals surface area contributed by atoms with Gasteiger partial charge < -0.3 is 9.64 Å². The predicted octanol–water partition coefficient (Wildman–Crippen LogP) is 3.18. The average molecular weight is 311 g/mol. The van der Waals surface area contributed by atoms with E-state index in [4.69, 9.17) is 4.74 Å². The van der Waals surface area contributed by atoms with Crippen molar-refractivity contribution in [1.82, 2.24) is 4.90 Å². The van der Waals surface area contributed by atoms with Crippen LogP contribution in [0.5, 0.6) is 0 Å². The highest BCUT2D eigenvalue weighted by Crippen LogP contribution is 2.37. The van der Waals surface area contributed by atoms with Crippen LogP contribution in [0.4, 0.5) is 0 Å². The second-order valence-electron chi connectivity index (χ2n) is 5.38. The van der Waals surface area contributed by atoms with Gasteiger partial charge in [-0.25, -0.2) is 0 Å². The smallest absolute Gasteiger partial charge is 0.225 e. The Balaban J connectivity index is 1.57. The van der Waals surface area contributed by atoms with Gasteiger partial charge in [-0.2, -0.15) is 11.8 Å². The minimum atomic E-state index is 0.201. The fraction of sp³-hybridized carbons (Fsp3) is 0.667. The number of hydrogen-bond donors (Lipinski definition) is 0. The molecular weight excluding hydrogens is 290 g/mol. The van der Waals surface area contributed by atoms with Crippen LogP contribution in [-0.4, -0.2) is 42.9 Å². The number of carbonyl (C=O) groups excluding carboxylic acids is 1. The maximum Gasteiger partial charge on any atom is 0.225 e. The molecule has 2 fully saturated rings. The summed E-state index contributed by atoms with van der Waals surface area (Å²) in [6.07, 6.45) is 2.88. The van der Waals surface area contributed by atoms with Crippen LogP contribution in [0.2, 0.25) is 0 Å². The van der Waals surface area contributed by atoms with Gasteiger partial charge in [0, 0.05) is 48.1 Å². The quantitative estimate of drug-likeness (QED) is 0.840. The molecule has 0 aromatic carbocycles. The van der Waals surface area contributed by atoms with Gasteiger partial charge in [-0.15, -0.1) is 11.3 Å². The van der Waals surface area contributed by atoms with E-state index in [2.05, 4.69) is 22.4 Å². The zero-order chi connectivity index (χ0) is 13.8. The summed E-state index contributed by atoms with van der Waals surface area (Å²) in [4.78, 5) is 16.1. The molecule has 2 aliphatic heterocycles. The molecule has 0 aliphatic carbocycles. The van der Waals surface area contributed by atoms with Crippen molar-refractivity contribution >= 4 is 29.0 Å². The standard InChI is InChI=1S/C15H21NO2S2/c17-15(12-4-8-18-9-5-12)16-6-3-14(20-11-7-16)13-2-1-10-19-13/h1-2,10,12,14H,3-9,11H2/t14-/m1/s1. The lowest BCUT2D eigenvalue weighted by atomic mass is 9.98. The van der Waals surface area contributed by atoms with Gasteiger partial charge in [-0.3, -0.25) is 4.79 Å². The van der Waals surface area contributed by atoms with E-state index in [1.165, 1.54) is 4.88 Å². The lowest BCUT2D eigenvalue weighted by molar-refractivity contribution is -0.138. The first kappa shape index (κ1) is 14.4. The highest BCUT2D eigenvalue weighted by molar-refractivity contribution is 7.99. The minimum Gasteiger partial charge on any atom is -0.381 e. The number of carbonyl (C=O) groups is 1. The maximum atomic E-state index is 12.6. The van der Waals surface area contributed by atoms with Crippen molar-refractivity contribution in [2.75, 3.05) is 32.1 Å². The molecule has 5 heteroatoms. The average Bonchev–Trinajstić information content (AvgIpc) is 2.92. The SMILES string of the molecule is O=C(C1CCOCC1)N1CCS[C@@H](c2cccs2)CC1. The van der Waals surface area contributed by atoms with Crippen molar-refractivity contribution in [1.29, 1.82) is 0 Å². The molecule has 3 nitrogen and oxygen atoms in total. The van der Waals surface area contributed by atoms with Gasteiger partial charge in [0.15, 0.2) is 0 Å². The molecule has 3 rings (SSSR count). The summed E-state index contributed by atoms with van der Waals surface area (Å²) in [5.74, 6) is 1.62. The molecule has 2 saturated heterocycles. The Kier molecular flexibility index (Phi) is 5.02. The first-order valence-corrected chi connectivity index (χ1v) is 9.29. The van der Waals surface area contributed by atoms with E-state index in [0.717, 1.165) is 51.3 Å². The largest absolute Gasteiger partial charge is 0.381 e. The molecule has 0 spiro atoms. The van der Waals surface area contributed by atoms with Crippen LogP contribution in [0.25, 0.3) is 0 Å². The van der Waals surface area contributed by atoms with Gasteiger partial charge in [0.25, 0.3) is 0 Å². The number of thiophene rings is 1. The molecule has 1 aromatic heterocycles. The van der Waals surface area contributed by atoms with Crippen LogP contribution >= 0.6 is 23.1 Å². The molecule has 0 bridgehead atoms. The second kappa shape index (κ2) is 6.96. The van der Waals surface area contributed by atoms with E-state index < -0.39 is 0 Å². The molecule has 1 amide bonds. The highest BCUT2D eigenvalue weighted by atomic mass is 32.2. The van der Waals surface area contributed by atoms with E-state index in [1.54, 1.807) is 0 Å². The lowest BCUT2D eigenvalue weighted by Crippen LogP contribution is -2.39. The van der Waals surface area contributed by atoms with Crippen LogP contribution in [0, 0.1) is 5.92 Å². The lowest BCUT2D eigenvalue weighted by Gasteiger charge is -2.28. The summed E-state index contributed by atoms with van der Waals surface area (Å²) in [5, 5.41) is 2.72. The fourth-order valence-electron chi connectivity index (χ4n) is 2.90. The van der Waals surface area contributed by atoms with Gasteiger partial charge in [-0.05, 0) is 30.7 Å². The van der Waals surface area contributed by atoms with E-state index in [-0.39, 0.29) is 5.92 Å². The number of nitrogens with zero attached hydrogens (tertiary/aromatic N) is 1. The first-order valence-electron chi connectivity index (χ1n) is 7.36. The van der Waals surface area contributed by atoms with Crippen LogP contribution in [0.15, 0.2) is 17.5 Å². The van der Waals surface area contributed by atoms with Crippen LogP contribution in [0.1, 0.15) is 29.4 Å². The molecule has 20 heavy (non-hydrogen) atoms. The third-order valence-corrected chi connectivity index (χ3v) is 6.53. The first-order chi connectivity index (χ1) is 9.84. The number of thioether (sulfide) groups is 1. The Hall–Kier alpha value is -0.520. The van der Waals surface area contributed by atoms with Gasteiger partial charge in [0.2, 0.25) is 5.91 Å². The van der Waals surface area contributed by atoms with Crippen LogP contribution < -0.4 is 0 Å². The molecule has 0 radical (unpaired) electrons. The van der Waals surface area contributed by atoms with Crippen molar-refractivity contribution < 1.29 is 9.53 Å². The molecule has 2 aliphatic rings. The van der Waals surface area contributed by atoms with Crippen LogP contribution in [0.3, 0.4) is 0 Å². The molecule has 0 unspecified atom stereocenters. The summed E-state index contributed by atoms with van der Waals surface area (Å²) < 4.78 is 5.35. The molecular formula is C15H21NO2S2. The van der Waals surface area contributed by atoms with Crippen molar-refractivity contribution in [3.8, 4) is 0 Å². The monoisotopic (exact) mass is 311 g/mol. The van der Waals surface area contributed by atoms with E-state index in [9.17, 15) is 4.79 Å². The predicted molar refractivity (Wildman–Crippen MR) is 84.3 cm³/mol. The highest BCUT2D eigenvalue weighted by Gasteiger charge is 2.28. The van der Waals surface area contributed by atoms with E-state index in [1.807, 2.05) is 23.1 Å². The topological polar surface area (TPSA) is 29.5 Å². The van der Waals surface area contributed by atoms with Crippen molar-refractivity contribution in [3.05, 3.63) is 22.4 Å². The molecule has 1 aromatic rings. The molecule has 0 saturated carbocycles. The number of rotatable bonds is 2. The third-order valence-electron chi connectivity index (χ3n) is 4.08. The van der Waals surface area contributed by atoms with Gasteiger partial charge in [0.1, 0.15) is 0 Å². The third kappa shape index (κ3) is 3.38. The summed E-state index contributed by atoms with van der Waals surface area (Å²) in [6.45, 7) is 3.31. The summed E-state index contributed by atoms with van der Waals surface area (Å²) in [5.41, 5.74) is 0. The summed E-state index contributed by atoms with van der Waals surface area (Å²) in [6, 6.07) is 4.34.